The summed E-state index contributed by atoms with van der Waals surface area (Å²) >= 11 is 1.71. The van der Waals surface area contributed by atoms with Crippen molar-refractivity contribution >= 4 is 23.4 Å². The molecule has 1 aromatic rings. The molecule has 1 amide bonds. The molecule has 4 nitrogen and oxygen atoms in total. The highest BCUT2D eigenvalue weighted by Crippen LogP contribution is 2.20. The summed E-state index contributed by atoms with van der Waals surface area (Å²) < 4.78 is 0. The molecule has 1 aromatic carbocycles. The van der Waals surface area contributed by atoms with E-state index in [0.29, 0.717) is 5.56 Å². The summed E-state index contributed by atoms with van der Waals surface area (Å²) in [5.74, 6) is 1.12. The van der Waals surface area contributed by atoms with Gasteiger partial charge in [0.15, 0.2) is 0 Å². The molecular formula is C17H23N3OS. The number of piperidine rings is 1. The maximum absolute atomic E-state index is 12.1. The number of hydrogen-bond donors (Lipinski definition) is 1. The van der Waals surface area contributed by atoms with Crippen LogP contribution in [-0.4, -0.2) is 37.0 Å². The maximum Gasteiger partial charge on any atom is 0.223 e. The van der Waals surface area contributed by atoms with Crippen molar-refractivity contribution in [3.8, 4) is 6.07 Å². The summed E-state index contributed by atoms with van der Waals surface area (Å²) in [5.41, 5.74) is 1.84. The van der Waals surface area contributed by atoms with E-state index in [-0.39, 0.29) is 17.9 Å². The number of anilines is 1. The average molecular weight is 317 g/mol. The van der Waals surface area contributed by atoms with Gasteiger partial charge in [-0.2, -0.15) is 17.0 Å². The van der Waals surface area contributed by atoms with E-state index in [1.807, 2.05) is 37.4 Å². The lowest BCUT2D eigenvalue weighted by molar-refractivity contribution is -0.124. The van der Waals surface area contributed by atoms with Gasteiger partial charge in [-0.3, -0.25) is 4.79 Å². The quantitative estimate of drug-likeness (QED) is 0.907. The average Bonchev–Trinajstić information content (AvgIpc) is 2.56. The zero-order valence-corrected chi connectivity index (χ0v) is 14.0. The first-order chi connectivity index (χ1) is 10.6. The summed E-state index contributed by atoms with van der Waals surface area (Å²) in [7, 11) is 0. The highest BCUT2D eigenvalue weighted by Gasteiger charge is 2.22. The number of amides is 1. The van der Waals surface area contributed by atoms with E-state index in [1.54, 1.807) is 11.8 Å². The highest BCUT2D eigenvalue weighted by molar-refractivity contribution is 7.98. The molecule has 1 fully saturated rings. The molecule has 2 rings (SSSR count). The second-order valence-electron chi connectivity index (χ2n) is 5.78. The van der Waals surface area contributed by atoms with E-state index in [0.717, 1.165) is 37.4 Å². The SMILES string of the molecule is CSCC(C)C(=O)NC1CCN(c2ccc(C#N)cc2)CC1. The number of nitrogens with one attached hydrogen (secondary N) is 1. The molecule has 1 saturated heterocycles. The second-order valence-corrected chi connectivity index (χ2v) is 6.70. The molecular weight excluding hydrogens is 294 g/mol. The molecule has 1 heterocycles. The van der Waals surface area contributed by atoms with Crippen LogP contribution in [0.1, 0.15) is 25.3 Å². The summed E-state index contributed by atoms with van der Waals surface area (Å²) in [5, 5.41) is 12.0. The Kier molecular flexibility index (Phi) is 6.14. The molecule has 1 aliphatic heterocycles. The molecule has 1 atom stereocenters. The molecule has 1 aliphatic rings. The van der Waals surface area contributed by atoms with E-state index < -0.39 is 0 Å². The van der Waals surface area contributed by atoms with Gasteiger partial charge in [0, 0.05) is 36.5 Å². The Morgan fingerprint density at radius 1 is 1.41 bits per heavy atom. The zero-order valence-electron chi connectivity index (χ0n) is 13.2. The maximum atomic E-state index is 12.1. The Morgan fingerprint density at radius 3 is 2.59 bits per heavy atom. The van der Waals surface area contributed by atoms with E-state index in [4.69, 9.17) is 5.26 Å². The molecule has 0 saturated carbocycles. The first-order valence-corrected chi connectivity index (χ1v) is 9.08. The van der Waals surface area contributed by atoms with Crippen LogP contribution in [0.15, 0.2) is 24.3 Å². The van der Waals surface area contributed by atoms with Crippen LogP contribution < -0.4 is 10.2 Å². The van der Waals surface area contributed by atoms with Crippen molar-refractivity contribution in [3.05, 3.63) is 29.8 Å². The van der Waals surface area contributed by atoms with Crippen LogP contribution in [0, 0.1) is 17.2 Å². The number of carbonyl (C=O) groups is 1. The predicted molar refractivity (Wildman–Crippen MR) is 92.1 cm³/mol. The number of rotatable bonds is 5. The lowest BCUT2D eigenvalue weighted by Gasteiger charge is -2.34. The van der Waals surface area contributed by atoms with Gasteiger partial charge in [-0.05, 0) is 43.4 Å². The number of thioether (sulfide) groups is 1. The van der Waals surface area contributed by atoms with Crippen LogP contribution >= 0.6 is 11.8 Å². The van der Waals surface area contributed by atoms with E-state index in [1.165, 1.54) is 0 Å². The van der Waals surface area contributed by atoms with Crippen molar-refractivity contribution in [2.45, 2.75) is 25.8 Å². The molecule has 0 radical (unpaired) electrons. The van der Waals surface area contributed by atoms with Gasteiger partial charge in [0.1, 0.15) is 0 Å². The topological polar surface area (TPSA) is 56.1 Å². The molecule has 1 unspecified atom stereocenters. The standard InChI is InChI=1S/C17H23N3OS/c1-13(12-22-2)17(21)19-15-7-9-20(10-8-15)16-5-3-14(11-18)4-6-16/h3-6,13,15H,7-10,12H2,1-2H3,(H,19,21). The predicted octanol–water partition coefficient (Wildman–Crippen LogP) is 2.64. The summed E-state index contributed by atoms with van der Waals surface area (Å²) in [4.78, 5) is 14.4. The van der Waals surface area contributed by atoms with E-state index >= 15 is 0 Å². The zero-order chi connectivity index (χ0) is 15.9. The minimum Gasteiger partial charge on any atom is -0.371 e. The fourth-order valence-electron chi connectivity index (χ4n) is 2.70. The highest BCUT2D eigenvalue weighted by atomic mass is 32.2. The molecule has 0 bridgehead atoms. The van der Waals surface area contributed by atoms with Crippen molar-refractivity contribution < 1.29 is 4.79 Å². The molecule has 5 heteroatoms. The fraction of sp³-hybridized carbons (Fsp3) is 0.529. The first kappa shape index (κ1) is 16.7. The van der Waals surface area contributed by atoms with Crippen LogP contribution in [0.2, 0.25) is 0 Å². The Morgan fingerprint density at radius 2 is 2.05 bits per heavy atom. The third-order valence-electron chi connectivity index (χ3n) is 4.07. The summed E-state index contributed by atoms with van der Waals surface area (Å²) in [6.07, 6.45) is 3.97. The Labute approximate surface area is 136 Å². The van der Waals surface area contributed by atoms with Gasteiger partial charge < -0.3 is 10.2 Å². The van der Waals surface area contributed by atoms with Crippen LogP contribution in [0.5, 0.6) is 0 Å². The third-order valence-corrected chi connectivity index (χ3v) is 4.90. The minimum absolute atomic E-state index is 0.0755. The summed E-state index contributed by atoms with van der Waals surface area (Å²) in [6, 6.07) is 10.1. The molecule has 0 aromatic heterocycles. The minimum atomic E-state index is 0.0755. The van der Waals surface area contributed by atoms with Gasteiger partial charge in [-0.1, -0.05) is 6.92 Å². The molecule has 0 aliphatic carbocycles. The van der Waals surface area contributed by atoms with Crippen molar-refractivity contribution in [2.24, 2.45) is 5.92 Å². The lowest BCUT2D eigenvalue weighted by atomic mass is 10.0. The van der Waals surface area contributed by atoms with Crippen LogP contribution in [0.3, 0.4) is 0 Å². The monoisotopic (exact) mass is 317 g/mol. The van der Waals surface area contributed by atoms with Crippen LogP contribution in [0.25, 0.3) is 0 Å². The largest absolute Gasteiger partial charge is 0.371 e. The number of nitrogens with zero attached hydrogens (tertiary/aromatic N) is 2. The van der Waals surface area contributed by atoms with Crippen molar-refractivity contribution in [1.82, 2.24) is 5.32 Å². The third kappa shape index (κ3) is 4.41. The second kappa shape index (κ2) is 8.09. The molecule has 22 heavy (non-hydrogen) atoms. The number of carbonyl (C=O) groups excluding carboxylic acids is 1. The summed E-state index contributed by atoms with van der Waals surface area (Å²) in [6.45, 7) is 3.86. The number of hydrogen-bond acceptors (Lipinski definition) is 4. The van der Waals surface area contributed by atoms with Gasteiger partial charge in [-0.15, -0.1) is 0 Å². The molecule has 1 N–H and O–H groups in total. The van der Waals surface area contributed by atoms with E-state index in [2.05, 4.69) is 16.3 Å². The number of benzene rings is 1. The molecule has 118 valence electrons. The first-order valence-electron chi connectivity index (χ1n) is 7.68. The van der Waals surface area contributed by atoms with Crippen molar-refractivity contribution in [3.63, 3.8) is 0 Å². The Balaban J connectivity index is 1.82. The smallest absolute Gasteiger partial charge is 0.223 e. The van der Waals surface area contributed by atoms with Gasteiger partial charge in [-0.25, -0.2) is 0 Å². The van der Waals surface area contributed by atoms with Crippen LogP contribution in [0.4, 0.5) is 5.69 Å². The Hall–Kier alpha value is -1.67. The van der Waals surface area contributed by atoms with E-state index in [9.17, 15) is 4.79 Å². The Bertz CT molecular complexity index is 530. The normalized spacial score (nSPS) is 16.9. The van der Waals surface area contributed by atoms with Crippen molar-refractivity contribution in [2.75, 3.05) is 30.0 Å². The lowest BCUT2D eigenvalue weighted by Crippen LogP contribution is -2.46. The van der Waals surface area contributed by atoms with Gasteiger partial charge in [0.05, 0.1) is 11.6 Å². The van der Waals surface area contributed by atoms with Gasteiger partial charge >= 0.3 is 0 Å². The molecule has 0 spiro atoms. The van der Waals surface area contributed by atoms with Gasteiger partial charge in [0.25, 0.3) is 0 Å². The van der Waals surface area contributed by atoms with Crippen LogP contribution in [-0.2, 0) is 4.79 Å². The van der Waals surface area contributed by atoms with Gasteiger partial charge in [0.2, 0.25) is 5.91 Å². The fourth-order valence-corrected chi connectivity index (χ4v) is 3.35. The van der Waals surface area contributed by atoms with Crippen molar-refractivity contribution in [1.29, 1.82) is 5.26 Å². The number of nitriles is 1.